The Hall–Kier alpha value is -1.88. The van der Waals surface area contributed by atoms with Gasteiger partial charge in [0.1, 0.15) is 6.04 Å². The Labute approximate surface area is 148 Å². The molecule has 0 aromatic heterocycles. The van der Waals surface area contributed by atoms with Gasteiger partial charge in [0, 0.05) is 6.42 Å². The molecule has 5 heteroatoms. The molecule has 1 atom stereocenters. The quantitative estimate of drug-likeness (QED) is 0.695. The lowest BCUT2D eigenvalue weighted by Gasteiger charge is -2.56. The second-order valence-corrected chi connectivity index (χ2v) is 8.53. The Balaban J connectivity index is 1.37. The van der Waals surface area contributed by atoms with Crippen molar-refractivity contribution in [3.63, 3.8) is 0 Å². The van der Waals surface area contributed by atoms with Crippen LogP contribution in [0.25, 0.3) is 0 Å². The van der Waals surface area contributed by atoms with Crippen LogP contribution in [0.4, 0.5) is 0 Å². The Morgan fingerprint density at radius 1 is 1.04 bits per heavy atom. The molecular formula is C20H27N3O2. The minimum absolute atomic E-state index is 0.0240. The summed E-state index contributed by atoms with van der Waals surface area (Å²) in [6, 6.07) is 8.53. The smallest absolute Gasteiger partial charge is 0.240 e. The van der Waals surface area contributed by atoms with E-state index in [4.69, 9.17) is 5.73 Å². The van der Waals surface area contributed by atoms with Crippen LogP contribution in [0.2, 0.25) is 0 Å². The van der Waals surface area contributed by atoms with Crippen molar-refractivity contribution in [2.45, 2.75) is 51.0 Å². The van der Waals surface area contributed by atoms with Crippen LogP contribution in [0.15, 0.2) is 30.3 Å². The van der Waals surface area contributed by atoms with E-state index in [1.165, 1.54) is 38.5 Å². The fourth-order valence-electron chi connectivity index (χ4n) is 6.01. The number of amides is 2. The van der Waals surface area contributed by atoms with Gasteiger partial charge in [0.15, 0.2) is 0 Å². The zero-order valence-electron chi connectivity index (χ0n) is 14.5. The molecule has 1 aromatic rings. The van der Waals surface area contributed by atoms with Gasteiger partial charge in [0.05, 0.1) is 0 Å². The minimum atomic E-state index is -0.707. The van der Waals surface area contributed by atoms with Gasteiger partial charge in [-0.25, -0.2) is 5.43 Å². The minimum Gasteiger partial charge on any atom is -0.368 e. The van der Waals surface area contributed by atoms with Crippen molar-refractivity contribution in [2.75, 3.05) is 0 Å². The number of nitrogens with one attached hydrogen (secondary N) is 2. The second kappa shape index (κ2) is 6.45. The first kappa shape index (κ1) is 16.6. The van der Waals surface area contributed by atoms with E-state index in [2.05, 4.69) is 10.9 Å². The summed E-state index contributed by atoms with van der Waals surface area (Å²) >= 11 is 0. The molecule has 25 heavy (non-hydrogen) atoms. The highest BCUT2D eigenvalue weighted by molar-refractivity contribution is 5.82. The van der Waals surface area contributed by atoms with Crippen LogP contribution in [0.1, 0.15) is 56.6 Å². The highest BCUT2D eigenvalue weighted by Gasteiger charge is 2.51. The zero-order valence-corrected chi connectivity index (χ0v) is 14.5. The SMILES string of the molecule is NC(=O)[C@@H](NNC(=O)CC12CC3CC(CC(C3)C1)C2)c1ccccc1. The Bertz CT molecular complexity index is 623. The maximum Gasteiger partial charge on any atom is 0.240 e. The second-order valence-electron chi connectivity index (χ2n) is 8.53. The molecule has 0 spiro atoms. The summed E-state index contributed by atoms with van der Waals surface area (Å²) in [6.45, 7) is 0. The van der Waals surface area contributed by atoms with E-state index in [0.717, 1.165) is 23.3 Å². The third kappa shape index (κ3) is 3.43. The summed E-state index contributed by atoms with van der Waals surface area (Å²) in [5, 5.41) is 0. The largest absolute Gasteiger partial charge is 0.368 e. The Kier molecular flexibility index (Phi) is 4.28. The third-order valence-corrected chi connectivity index (χ3v) is 6.47. The van der Waals surface area contributed by atoms with Crippen LogP contribution in [-0.2, 0) is 9.59 Å². The van der Waals surface area contributed by atoms with E-state index in [9.17, 15) is 9.59 Å². The highest BCUT2D eigenvalue weighted by atomic mass is 16.2. The van der Waals surface area contributed by atoms with Gasteiger partial charge in [0.2, 0.25) is 11.8 Å². The summed E-state index contributed by atoms with van der Waals surface area (Å²) in [7, 11) is 0. The monoisotopic (exact) mass is 341 g/mol. The molecule has 5 nitrogen and oxygen atoms in total. The molecule has 0 heterocycles. The molecular weight excluding hydrogens is 314 g/mol. The first-order chi connectivity index (χ1) is 12.0. The van der Waals surface area contributed by atoms with Crippen molar-refractivity contribution in [2.24, 2.45) is 28.9 Å². The number of benzene rings is 1. The maximum absolute atomic E-state index is 12.6. The first-order valence-corrected chi connectivity index (χ1v) is 9.42. The fraction of sp³-hybridized carbons (Fsp3) is 0.600. The van der Waals surface area contributed by atoms with Gasteiger partial charge in [-0.3, -0.25) is 15.0 Å². The summed E-state index contributed by atoms with van der Waals surface area (Å²) in [6.07, 6.45) is 8.27. The molecule has 0 radical (unpaired) electrons. The number of carbonyl (C=O) groups is 2. The summed E-state index contributed by atoms with van der Waals surface area (Å²) in [5.74, 6) is 1.96. The molecule has 4 N–H and O–H groups in total. The van der Waals surface area contributed by atoms with Crippen molar-refractivity contribution in [1.29, 1.82) is 0 Å². The molecule has 2 amide bonds. The predicted octanol–water partition coefficient (Wildman–Crippen LogP) is 2.44. The number of rotatable bonds is 6. The summed E-state index contributed by atoms with van der Waals surface area (Å²) in [5.41, 5.74) is 12.0. The van der Waals surface area contributed by atoms with Gasteiger partial charge in [-0.2, -0.15) is 0 Å². The third-order valence-electron chi connectivity index (χ3n) is 6.47. The highest BCUT2D eigenvalue weighted by Crippen LogP contribution is 2.61. The van der Waals surface area contributed by atoms with Crippen molar-refractivity contribution in [3.8, 4) is 0 Å². The van der Waals surface area contributed by atoms with Crippen molar-refractivity contribution >= 4 is 11.8 Å². The topological polar surface area (TPSA) is 84.2 Å². The zero-order chi connectivity index (χ0) is 17.4. The number of carbonyl (C=O) groups excluding carboxylic acids is 2. The lowest BCUT2D eigenvalue weighted by molar-refractivity contribution is -0.131. The van der Waals surface area contributed by atoms with Crippen LogP contribution in [0.3, 0.4) is 0 Å². The standard InChI is InChI=1S/C20H27N3O2/c21-19(25)18(16-4-2-1-3-5-16)23-22-17(24)12-20-9-13-6-14(10-20)8-15(7-13)11-20/h1-5,13-15,18,23H,6-12H2,(H2,21,25)(H,22,24)/t13?,14?,15?,18-,20?/m0/s1. The van der Waals surface area contributed by atoms with E-state index < -0.39 is 11.9 Å². The fourth-order valence-corrected chi connectivity index (χ4v) is 6.01. The number of hydrogen-bond acceptors (Lipinski definition) is 3. The van der Waals surface area contributed by atoms with Crippen LogP contribution >= 0.6 is 0 Å². The molecule has 0 saturated heterocycles. The Morgan fingerprint density at radius 3 is 2.12 bits per heavy atom. The van der Waals surface area contributed by atoms with Gasteiger partial charge >= 0.3 is 0 Å². The molecule has 4 aliphatic carbocycles. The van der Waals surface area contributed by atoms with E-state index in [0.29, 0.717) is 6.42 Å². The normalized spacial score (nSPS) is 33.8. The first-order valence-electron chi connectivity index (χ1n) is 9.42. The molecule has 1 aromatic carbocycles. The average molecular weight is 341 g/mol. The molecule has 0 aliphatic heterocycles. The molecule has 134 valence electrons. The molecule has 0 unspecified atom stereocenters. The van der Waals surface area contributed by atoms with E-state index in [1.807, 2.05) is 30.3 Å². The van der Waals surface area contributed by atoms with Crippen LogP contribution in [0, 0.1) is 23.2 Å². The van der Waals surface area contributed by atoms with Gasteiger partial charge < -0.3 is 5.73 Å². The summed E-state index contributed by atoms with van der Waals surface area (Å²) in [4.78, 5) is 24.3. The van der Waals surface area contributed by atoms with Crippen LogP contribution < -0.4 is 16.6 Å². The van der Waals surface area contributed by atoms with E-state index >= 15 is 0 Å². The van der Waals surface area contributed by atoms with Crippen molar-refractivity contribution < 1.29 is 9.59 Å². The molecule has 5 rings (SSSR count). The van der Waals surface area contributed by atoms with Crippen molar-refractivity contribution in [3.05, 3.63) is 35.9 Å². The molecule has 4 aliphatic rings. The lowest BCUT2D eigenvalue weighted by Crippen LogP contribution is -2.50. The van der Waals surface area contributed by atoms with Crippen LogP contribution in [-0.4, -0.2) is 11.8 Å². The maximum atomic E-state index is 12.6. The summed E-state index contributed by atoms with van der Waals surface area (Å²) < 4.78 is 0. The predicted molar refractivity (Wildman–Crippen MR) is 94.9 cm³/mol. The van der Waals surface area contributed by atoms with Crippen molar-refractivity contribution in [1.82, 2.24) is 10.9 Å². The number of nitrogens with two attached hydrogens (primary N) is 1. The number of hydrogen-bond donors (Lipinski definition) is 3. The van der Waals surface area contributed by atoms with Gasteiger partial charge in [0.25, 0.3) is 0 Å². The average Bonchev–Trinajstić information content (AvgIpc) is 2.54. The van der Waals surface area contributed by atoms with E-state index in [-0.39, 0.29) is 11.3 Å². The van der Waals surface area contributed by atoms with Gasteiger partial charge in [-0.1, -0.05) is 30.3 Å². The molecule has 4 saturated carbocycles. The number of hydrazine groups is 1. The van der Waals surface area contributed by atoms with Crippen LogP contribution in [0.5, 0.6) is 0 Å². The lowest BCUT2D eigenvalue weighted by atomic mass is 9.49. The van der Waals surface area contributed by atoms with Gasteiger partial charge in [-0.15, -0.1) is 0 Å². The van der Waals surface area contributed by atoms with Gasteiger partial charge in [-0.05, 0) is 67.3 Å². The molecule has 4 fully saturated rings. The number of primary amides is 1. The van der Waals surface area contributed by atoms with E-state index in [1.54, 1.807) is 0 Å². The molecule has 4 bridgehead atoms. The Morgan fingerprint density at radius 2 is 1.60 bits per heavy atom.